The first-order valence-corrected chi connectivity index (χ1v) is 7.11. The molecule has 112 valence electrons. The zero-order valence-electron chi connectivity index (χ0n) is 11.4. The highest BCUT2D eigenvalue weighted by Crippen LogP contribution is 2.21. The van der Waals surface area contributed by atoms with Crippen LogP contribution in [0.5, 0.6) is 5.75 Å². The molecule has 1 aromatic carbocycles. The van der Waals surface area contributed by atoms with Crippen LogP contribution in [0.2, 0.25) is 10.0 Å². The highest BCUT2D eigenvalue weighted by atomic mass is 35.5. The summed E-state index contributed by atoms with van der Waals surface area (Å²) in [6.07, 6.45) is 1.48. The van der Waals surface area contributed by atoms with Gasteiger partial charge in [0.05, 0.1) is 12.7 Å². The summed E-state index contributed by atoms with van der Waals surface area (Å²) >= 11 is 11.9. The number of nitrogens with two attached hydrogens (primary N) is 1. The van der Waals surface area contributed by atoms with Gasteiger partial charge in [0.1, 0.15) is 12.4 Å². The highest BCUT2D eigenvalue weighted by molar-refractivity contribution is 6.35. The van der Waals surface area contributed by atoms with Gasteiger partial charge in [0.2, 0.25) is 0 Å². The minimum Gasteiger partial charge on any atom is -0.490 e. The summed E-state index contributed by atoms with van der Waals surface area (Å²) < 4.78 is 6.65. The van der Waals surface area contributed by atoms with E-state index in [1.165, 1.54) is 16.9 Å². The molecular weight excluding hydrogens is 313 g/mol. The summed E-state index contributed by atoms with van der Waals surface area (Å²) in [5.74, 6) is 0.399. The van der Waals surface area contributed by atoms with E-state index < -0.39 is 0 Å². The summed E-state index contributed by atoms with van der Waals surface area (Å²) in [5, 5.41) is 5.10. The molecule has 1 unspecified atom stereocenters. The van der Waals surface area contributed by atoms with E-state index in [2.05, 4.69) is 5.10 Å². The predicted octanol–water partition coefficient (Wildman–Crippen LogP) is 2.32. The van der Waals surface area contributed by atoms with Gasteiger partial charge in [0.15, 0.2) is 0 Å². The number of benzene rings is 1. The summed E-state index contributed by atoms with van der Waals surface area (Å²) in [5.41, 5.74) is 6.07. The van der Waals surface area contributed by atoms with Gasteiger partial charge in [0.25, 0.3) is 5.56 Å². The predicted molar refractivity (Wildman–Crippen MR) is 83.2 cm³/mol. The lowest BCUT2D eigenvalue weighted by Crippen LogP contribution is -2.26. The van der Waals surface area contributed by atoms with Crippen molar-refractivity contribution < 1.29 is 4.74 Å². The molecule has 0 aliphatic carbocycles. The number of hydrogen-bond donors (Lipinski definition) is 1. The third-order valence-electron chi connectivity index (χ3n) is 2.69. The van der Waals surface area contributed by atoms with Crippen molar-refractivity contribution in [2.75, 3.05) is 6.61 Å². The molecule has 2 rings (SSSR count). The van der Waals surface area contributed by atoms with E-state index in [1.807, 2.05) is 6.92 Å². The van der Waals surface area contributed by atoms with Gasteiger partial charge in [0, 0.05) is 22.2 Å². The van der Waals surface area contributed by atoms with Crippen molar-refractivity contribution in [2.45, 2.75) is 19.5 Å². The fourth-order valence-electron chi connectivity index (χ4n) is 1.65. The zero-order valence-corrected chi connectivity index (χ0v) is 12.9. The first-order chi connectivity index (χ1) is 9.95. The Hall–Kier alpha value is -1.56. The van der Waals surface area contributed by atoms with Crippen LogP contribution in [-0.4, -0.2) is 22.4 Å². The molecule has 1 aromatic heterocycles. The molecule has 1 heterocycles. The molecule has 1 atom stereocenters. The quantitative estimate of drug-likeness (QED) is 0.914. The molecular formula is C14H15Cl2N3O2. The van der Waals surface area contributed by atoms with E-state index in [1.54, 1.807) is 18.2 Å². The number of hydrogen-bond acceptors (Lipinski definition) is 4. The Morgan fingerprint density at radius 1 is 1.38 bits per heavy atom. The Bertz CT molecular complexity index is 686. The van der Waals surface area contributed by atoms with Gasteiger partial charge < -0.3 is 10.5 Å². The van der Waals surface area contributed by atoms with Crippen molar-refractivity contribution in [2.24, 2.45) is 5.73 Å². The number of aromatic nitrogens is 2. The lowest BCUT2D eigenvalue weighted by atomic mass is 10.2. The molecule has 7 heteroatoms. The molecule has 0 spiro atoms. The SMILES string of the molecule is CC(N)COc1cnn(Cc2ccc(Cl)cc2Cl)c(=O)c1. The largest absolute Gasteiger partial charge is 0.490 e. The van der Waals surface area contributed by atoms with Gasteiger partial charge in [-0.05, 0) is 24.6 Å². The van der Waals surface area contributed by atoms with Crippen LogP contribution < -0.4 is 16.0 Å². The lowest BCUT2D eigenvalue weighted by Gasteiger charge is -2.10. The van der Waals surface area contributed by atoms with E-state index in [-0.39, 0.29) is 18.1 Å². The molecule has 0 aliphatic heterocycles. The van der Waals surface area contributed by atoms with Crippen LogP contribution >= 0.6 is 23.2 Å². The Kier molecular flexibility index (Phi) is 5.22. The highest BCUT2D eigenvalue weighted by Gasteiger charge is 2.06. The molecule has 0 fully saturated rings. The van der Waals surface area contributed by atoms with Gasteiger partial charge in [-0.15, -0.1) is 0 Å². The third kappa shape index (κ3) is 4.46. The Morgan fingerprint density at radius 2 is 2.14 bits per heavy atom. The van der Waals surface area contributed by atoms with Gasteiger partial charge in [-0.2, -0.15) is 5.10 Å². The van der Waals surface area contributed by atoms with Crippen molar-refractivity contribution >= 4 is 23.2 Å². The number of rotatable bonds is 5. The lowest BCUT2D eigenvalue weighted by molar-refractivity contribution is 0.293. The Morgan fingerprint density at radius 3 is 2.76 bits per heavy atom. The Labute approximate surface area is 132 Å². The summed E-state index contributed by atoms with van der Waals surface area (Å²) in [6.45, 7) is 2.41. The van der Waals surface area contributed by atoms with Gasteiger partial charge >= 0.3 is 0 Å². The van der Waals surface area contributed by atoms with Crippen molar-refractivity contribution in [3.8, 4) is 5.75 Å². The number of ether oxygens (including phenoxy) is 1. The average Bonchev–Trinajstić information content (AvgIpc) is 2.42. The molecule has 0 aliphatic rings. The normalized spacial score (nSPS) is 12.2. The van der Waals surface area contributed by atoms with Crippen LogP contribution in [0.3, 0.4) is 0 Å². The summed E-state index contributed by atoms with van der Waals surface area (Å²) in [4.78, 5) is 12.0. The molecule has 0 saturated heterocycles. The standard InChI is InChI=1S/C14H15Cl2N3O2/c1-9(17)8-21-12-5-14(20)19(18-6-12)7-10-2-3-11(15)4-13(10)16/h2-6,9H,7-8,17H2,1H3. The van der Waals surface area contributed by atoms with Crippen molar-refractivity contribution in [3.05, 3.63) is 56.4 Å². The van der Waals surface area contributed by atoms with Crippen LogP contribution in [0.15, 0.2) is 35.3 Å². The smallest absolute Gasteiger partial charge is 0.270 e. The third-order valence-corrected chi connectivity index (χ3v) is 3.28. The van der Waals surface area contributed by atoms with Crippen LogP contribution in [-0.2, 0) is 6.54 Å². The topological polar surface area (TPSA) is 70.1 Å². The van der Waals surface area contributed by atoms with Crippen LogP contribution in [0, 0.1) is 0 Å². The van der Waals surface area contributed by atoms with Crippen molar-refractivity contribution in [1.82, 2.24) is 9.78 Å². The molecule has 2 aromatic rings. The number of nitrogens with zero attached hydrogens (tertiary/aromatic N) is 2. The molecule has 21 heavy (non-hydrogen) atoms. The maximum absolute atomic E-state index is 12.0. The monoisotopic (exact) mass is 327 g/mol. The van der Waals surface area contributed by atoms with Crippen LogP contribution in [0.1, 0.15) is 12.5 Å². The average molecular weight is 328 g/mol. The fraction of sp³-hybridized carbons (Fsp3) is 0.286. The van der Waals surface area contributed by atoms with E-state index in [9.17, 15) is 4.79 Å². The molecule has 0 amide bonds. The Balaban J connectivity index is 2.16. The molecule has 0 radical (unpaired) electrons. The van der Waals surface area contributed by atoms with Gasteiger partial charge in [-0.25, -0.2) is 4.68 Å². The van der Waals surface area contributed by atoms with Gasteiger partial charge in [-0.3, -0.25) is 4.79 Å². The second kappa shape index (κ2) is 6.93. The maximum atomic E-state index is 12.0. The molecule has 0 bridgehead atoms. The first-order valence-electron chi connectivity index (χ1n) is 6.35. The van der Waals surface area contributed by atoms with Crippen LogP contribution in [0.25, 0.3) is 0 Å². The van der Waals surface area contributed by atoms with Crippen molar-refractivity contribution in [3.63, 3.8) is 0 Å². The second-order valence-corrected chi connectivity index (χ2v) is 5.55. The van der Waals surface area contributed by atoms with Gasteiger partial charge in [-0.1, -0.05) is 29.3 Å². The van der Waals surface area contributed by atoms with Crippen LogP contribution in [0.4, 0.5) is 0 Å². The minimum absolute atomic E-state index is 0.111. The van der Waals surface area contributed by atoms with Crippen molar-refractivity contribution in [1.29, 1.82) is 0 Å². The van der Waals surface area contributed by atoms with E-state index in [0.29, 0.717) is 22.4 Å². The van der Waals surface area contributed by atoms with E-state index >= 15 is 0 Å². The summed E-state index contributed by atoms with van der Waals surface area (Å²) in [7, 11) is 0. The zero-order chi connectivity index (χ0) is 15.4. The minimum atomic E-state index is -0.275. The molecule has 5 nitrogen and oxygen atoms in total. The van der Waals surface area contributed by atoms with E-state index in [4.69, 9.17) is 33.7 Å². The first kappa shape index (κ1) is 15.8. The summed E-state index contributed by atoms with van der Waals surface area (Å²) in [6, 6.07) is 6.37. The molecule has 2 N–H and O–H groups in total. The fourth-order valence-corrected chi connectivity index (χ4v) is 2.12. The second-order valence-electron chi connectivity index (χ2n) is 4.71. The molecule has 0 saturated carbocycles. The van der Waals surface area contributed by atoms with E-state index in [0.717, 1.165) is 5.56 Å². The maximum Gasteiger partial charge on any atom is 0.270 e. The number of halogens is 2.